The smallest absolute Gasteiger partial charge is 0.320 e. The molecule has 2 heterocycles. The van der Waals surface area contributed by atoms with E-state index >= 15 is 0 Å². The molecule has 0 radical (unpaired) electrons. The largest absolute Gasteiger partial charge is 0.508 e. The second-order valence-electron chi connectivity index (χ2n) is 8.80. The highest BCUT2D eigenvalue weighted by Gasteiger charge is 2.37. The van der Waals surface area contributed by atoms with Gasteiger partial charge in [-0.25, -0.2) is 0 Å². The molecule has 2 saturated heterocycles. The minimum atomic E-state index is -0.236. The van der Waals surface area contributed by atoms with E-state index in [-0.39, 0.29) is 42.0 Å². The molecule has 0 amide bonds. The fourth-order valence-electron chi connectivity index (χ4n) is 5.05. The Bertz CT molecular complexity index is 871. The molecular weight excluding hydrogens is 438 g/mol. The zero-order valence-electron chi connectivity index (χ0n) is 20.2. The van der Waals surface area contributed by atoms with Crippen LogP contribution in [0.15, 0.2) is 18.2 Å². The number of rotatable bonds is 9. The number of nitrogen functional groups attached to an aromatic ring is 1. The summed E-state index contributed by atoms with van der Waals surface area (Å²) in [6.07, 6.45) is 1.19. The van der Waals surface area contributed by atoms with E-state index in [4.69, 9.17) is 20.6 Å². The number of phenolic OH excluding ortho intramolecular Hbond substituents is 1. The van der Waals surface area contributed by atoms with Crippen molar-refractivity contribution in [2.24, 2.45) is 11.7 Å². The quantitative estimate of drug-likeness (QED) is 0.272. The number of piperazine rings is 1. The van der Waals surface area contributed by atoms with Gasteiger partial charge in [0.2, 0.25) is 0 Å². The van der Waals surface area contributed by atoms with Crippen LogP contribution in [-0.4, -0.2) is 97.7 Å². The molecule has 0 aliphatic carbocycles. The average molecular weight is 476 g/mol. The topological polar surface area (TPSA) is 132 Å². The Labute approximate surface area is 201 Å². The van der Waals surface area contributed by atoms with Crippen LogP contribution in [0.25, 0.3) is 0 Å². The molecule has 0 unspecified atom stereocenters. The van der Waals surface area contributed by atoms with Gasteiger partial charge in [-0.3, -0.25) is 24.8 Å². The summed E-state index contributed by atoms with van der Waals surface area (Å²) in [4.78, 5) is 31.0. The Kier molecular flexibility index (Phi) is 9.12. The normalized spacial score (nSPS) is 21.8. The summed E-state index contributed by atoms with van der Waals surface area (Å²) in [5.41, 5.74) is 7.12. The van der Waals surface area contributed by atoms with Gasteiger partial charge in [-0.15, -0.1) is 0 Å². The molecule has 10 heteroatoms. The predicted molar refractivity (Wildman–Crippen MR) is 129 cm³/mol. The van der Waals surface area contributed by atoms with Gasteiger partial charge in [0.1, 0.15) is 11.6 Å². The number of piperidine rings is 1. The first kappa shape index (κ1) is 25.8. The first-order chi connectivity index (χ1) is 16.3. The van der Waals surface area contributed by atoms with Gasteiger partial charge in [0.15, 0.2) is 0 Å². The van der Waals surface area contributed by atoms with Crippen LogP contribution < -0.4 is 10.6 Å². The van der Waals surface area contributed by atoms with E-state index in [9.17, 15) is 14.7 Å². The number of likely N-dealkylation sites (tertiary alicyclic amines) is 1. The van der Waals surface area contributed by atoms with Crippen molar-refractivity contribution in [2.75, 3.05) is 63.9 Å². The van der Waals surface area contributed by atoms with Crippen LogP contribution in [0.1, 0.15) is 32.3 Å². The highest BCUT2D eigenvalue weighted by molar-refractivity contribution is 6.01. The second kappa shape index (κ2) is 12.0. The lowest BCUT2D eigenvalue weighted by Gasteiger charge is -2.47. The van der Waals surface area contributed by atoms with Crippen molar-refractivity contribution in [1.29, 1.82) is 5.41 Å². The minimum absolute atomic E-state index is 0.0650. The third-order valence-corrected chi connectivity index (χ3v) is 6.56. The van der Waals surface area contributed by atoms with Crippen LogP contribution in [0.4, 0.5) is 5.69 Å². The number of esters is 2. The van der Waals surface area contributed by atoms with Gasteiger partial charge >= 0.3 is 11.9 Å². The van der Waals surface area contributed by atoms with E-state index in [2.05, 4.69) is 14.7 Å². The fraction of sp³-hybridized carbons (Fsp3) is 0.625. The number of hydrogen-bond acceptors (Lipinski definition) is 9. The molecule has 2 fully saturated rings. The molecule has 2 aliphatic rings. The average Bonchev–Trinajstić information content (AvgIpc) is 2.80. The summed E-state index contributed by atoms with van der Waals surface area (Å²) in [5, 5.41) is 17.7. The van der Waals surface area contributed by atoms with E-state index in [0.717, 1.165) is 44.8 Å². The summed E-state index contributed by atoms with van der Waals surface area (Å²) in [6, 6.07) is 5.16. The summed E-state index contributed by atoms with van der Waals surface area (Å²) < 4.78 is 10.3. The van der Waals surface area contributed by atoms with Crippen LogP contribution in [0.2, 0.25) is 0 Å². The fourth-order valence-corrected chi connectivity index (χ4v) is 5.05. The van der Waals surface area contributed by atoms with Crippen molar-refractivity contribution < 1.29 is 24.2 Å². The lowest BCUT2D eigenvalue weighted by molar-refractivity contribution is -0.146. The molecule has 0 aromatic heterocycles. The maximum Gasteiger partial charge on any atom is 0.320 e. The molecule has 188 valence electrons. The number of carbonyl (C=O) groups is 2. The van der Waals surface area contributed by atoms with Gasteiger partial charge in [0.25, 0.3) is 0 Å². The lowest BCUT2D eigenvalue weighted by Crippen LogP contribution is -2.57. The summed E-state index contributed by atoms with van der Waals surface area (Å²) in [7, 11) is 0. The second-order valence-corrected chi connectivity index (χ2v) is 8.80. The van der Waals surface area contributed by atoms with Gasteiger partial charge in [-0.2, -0.15) is 0 Å². The van der Waals surface area contributed by atoms with E-state index in [1.807, 2.05) is 0 Å². The van der Waals surface area contributed by atoms with Crippen LogP contribution in [0, 0.1) is 11.3 Å². The summed E-state index contributed by atoms with van der Waals surface area (Å²) in [5.74, 6) is -0.361. The summed E-state index contributed by atoms with van der Waals surface area (Å²) >= 11 is 0. The Morgan fingerprint density at radius 3 is 2.41 bits per heavy atom. The number of nitrogens with one attached hydrogen (secondary N) is 1. The highest BCUT2D eigenvalue weighted by atomic mass is 16.5. The zero-order valence-corrected chi connectivity index (χ0v) is 20.2. The molecule has 2 aliphatic heterocycles. The number of benzene rings is 1. The van der Waals surface area contributed by atoms with E-state index in [1.165, 1.54) is 6.07 Å². The molecule has 2 atom stereocenters. The Balaban J connectivity index is 1.66. The van der Waals surface area contributed by atoms with Gasteiger partial charge < -0.3 is 25.2 Å². The number of carbonyl (C=O) groups excluding carboxylic acids is 2. The van der Waals surface area contributed by atoms with E-state index in [1.54, 1.807) is 26.0 Å². The Morgan fingerprint density at radius 1 is 1.09 bits per heavy atom. The Morgan fingerprint density at radius 2 is 1.76 bits per heavy atom. The van der Waals surface area contributed by atoms with Gasteiger partial charge in [0.05, 0.1) is 26.2 Å². The molecule has 1 aromatic carbocycles. The molecular formula is C24H37N5O5. The van der Waals surface area contributed by atoms with Crippen molar-refractivity contribution in [3.05, 3.63) is 23.8 Å². The lowest BCUT2D eigenvalue weighted by atomic mass is 9.87. The van der Waals surface area contributed by atoms with Crippen molar-refractivity contribution >= 4 is 23.5 Å². The van der Waals surface area contributed by atoms with Crippen LogP contribution >= 0.6 is 0 Å². The van der Waals surface area contributed by atoms with Crippen LogP contribution in [0.3, 0.4) is 0 Å². The number of anilines is 1. The number of hydrogen-bond donors (Lipinski definition) is 3. The van der Waals surface area contributed by atoms with E-state index < -0.39 is 0 Å². The number of amidine groups is 1. The van der Waals surface area contributed by atoms with Gasteiger partial charge in [0, 0.05) is 56.6 Å². The number of aromatic hydroxyl groups is 1. The standard InChI is InChI=1S/C24H37N5O5/c1-3-33-22(31)13-17-15-27(16-23(32)34-4-2)8-7-20(17)28-9-11-29(12-10-28)21-6-5-18(30)14-19(21)24(25)26/h5-6,14,17,20,30H,3-4,7-13,15-16H2,1-2H3,(H3,25,26)/t17-,20+/m0/s1. The zero-order chi connectivity index (χ0) is 24.7. The van der Waals surface area contributed by atoms with Gasteiger partial charge in [-0.05, 0) is 44.4 Å². The minimum Gasteiger partial charge on any atom is -0.508 e. The highest BCUT2D eigenvalue weighted by Crippen LogP contribution is 2.29. The third-order valence-electron chi connectivity index (χ3n) is 6.56. The summed E-state index contributed by atoms with van der Waals surface area (Å²) in [6.45, 7) is 9.09. The molecule has 0 bridgehead atoms. The monoisotopic (exact) mass is 475 g/mol. The third kappa shape index (κ3) is 6.60. The van der Waals surface area contributed by atoms with Crippen molar-refractivity contribution in [3.63, 3.8) is 0 Å². The molecule has 1 aromatic rings. The van der Waals surface area contributed by atoms with Crippen molar-refractivity contribution in [2.45, 2.75) is 32.7 Å². The number of nitrogens with two attached hydrogens (primary N) is 1. The van der Waals surface area contributed by atoms with Crippen molar-refractivity contribution in [1.82, 2.24) is 9.80 Å². The molecule has 4 N–H and O–H groups in total. The van der Waals surface area contributed by atoms with Crippen LogP contribution in [0.5, 0.6) is 5.75 Å². The predicted octanol–water partition coefficient (Wildman–Crippen LogP) is 1.01. The molecule has 3 rings (SSSR count). The van der Waals surface area contributed by atoms with Gasteiger partial charge in [-0.1, -0.05) is 0 Å². The maximum atomic E-state index is 12.3. The molecule has 34 heavy (non-hydrogen) atoms. The SMILES string of the molecule is CCOC(=O)C[C@H]1CN(CC(=O)OCC)CC[C@H]1N1CCN(c2ccc(O)cc2C(=N)N)CC1. The number of nitrogens with zero attached hydrogens (tertiary/aromatic N) is 3. The van der Waals surface area contributed by atoms with E-state index in [0.29, 0.717) is 31.7 Å². The van der Waals surface area contributed by atoms with Crippen LogP contribution in [-0.2, 0) is 19.1 Å². The maximum absolute atomic E-state index is 12.3. The first-order valence-electron chi connectivity index (χ1n) is 12.0. The Hall–Kier alpha value is -2.85. The van der Waals surface area contributed by atoms with Crippen molar-refractivity contribution in [3.8, 4) is 5.75 Å². The number of phenols is 1. The first-order valence-corrected chi connectivity index (χ1v) is 12.0. The number of ether oxygens (including phenoxy) is 2. The molecule has 0 spiro atoms. The molecule has 10 nitrogen and oxygen atoms in total. The molecule has 0 saturated carbocycles.